The average molecular weight is 642 g/mol. The highest BCUT2D eigenvalue weighted by Crippen LogP contribution is 2.33. The third kappa shape index (κ3) is 8.39. The Balaban J connectivity index is 1.27. The van der Waals surface area contributed by atoms with Crippen LogP contribution in [0.2, 0.25) is 0 Å². The molecule has 1 saturated heterocycles. The Hall–Kier alpha value is -3.79. The first-order valence-electron chi connectivity index (χ1n) is 17.1. The predicted octanol–water partition coefficient (Wildman–Crippen LogP) is 6.42. The first kappa shape index (κ1) is 34.5. The largest absolute Gasteiger partial charge is 0.392 e. The standard InChI is InChI=1S/C38H51N5O4/c1-6-33-31(35(41-30-14-17-47-18-15-30)32-23-40-43(7-2)36(32)42-33)22-39-37(46)28-10-8-9-26(19-28)21-38(4,5)16-13-34(45)27-12-11-25(3)29(20-27)24-44/h8-12,19-20,23,30,34,44-45H,6-7,13-18,21-22,24H2,1-5H3,(H,39,46)(H,41,42)/t34-/m0/s1. The highest BCUT2D eigenvalue weighted by Gasteiger charge is 2.24. The van der Waals surface area contributed by atoms with Gasteiger partial charge in [0.05, 0.1) is 30.0 Å². The van der Waals surface area contributed by atoms with Crippen LogP contribution in [0.3, 0.4) is 0 Å². The van der Waals surface area contributed by atoms with Crippen molar-refractivity contribution in [3.8, 4) is 0 Å². The predicted molar refractivity (Wildman–Crippen MR) is 186 cm³/mol. The number of nitrogens with one attached hydrogen (secondary N) is 2. The average Bonchev–Trinajstić information content (AvgIpc) is 3.50. The van der Waals surface area contributed by atoms with Crippen molar-refractivity contribution in [1.29, 1.82) is 0 Å². The molecule has 0 aliphatic carbocycles. The maximum Gasteiger partial charge on any atom is 0.251 e. The molecule has 1 aliphatic heterocycles. The fourth-order valence-corrected chi connectivity index (χ4v) is 6.60. The number of fused-ring (bicyclic) bond motifs is 1. The number of carbonyl (C=O) groups excluding carboxylic acids is 1. The van der Waals surface area contributed by atoms with Crippen LogP contribution in [0.1, 0.15) is 103 Å². The number of aryl methyl sites for hydroxylation is 3. The van der Waals surface area contributed by atoms with Crippen LogP contribution >= 0.6 is 0 Å². The zero-order chi connectivity index (χ0) is 33.6. The summed E-state index contributed by atoms with van der Waals surface area (Å²) >= 11 is 0. The molecule has 47 heavy (non-hydrogen) atoms. The molecular weight excluding hydrogens is 590 g/mol. The number of pyridine rings is 1. The van der Waals surface area contributed by atoms with Crippen LogP contribution in [0.5, 0.6) is 0 Å². The summed E-state index contributed by atoms with van der Waals surface area (Å²) in [5, 5.41) is 33.1. The number of anilines is 1. The Bertz CT molecular complexity index is 1670. The van der Waals surface area contributed by atoms with E-state index in [1.54, 1.807) is 0 Å². The highest BCUT2D eigenvalue weighted by molar-refractivity contribution is 5.95. The number of rotatable bonds is 14. The molecule has 5 rings (SSSR count). The first-order valence-corrected chi connectivity index (χ1v) is 17.1. The van der Waals surface area contributed by atoms with Crippen molar-refractivity contribution in [1.82, 2.24) is 20.1 Å². The normalized spacial score (nSPS) is 14.8. The van der Waals surface area contributed by atoms with Crippen molar-refractivity contribution >= 4 is 22.6 Å². The fraction of sp³-hybridized carbons (Fsp3) is 0.500. The number of nitrogens with zero attached hydrogens (tertiary/aromatic N) is 3. The molecule has 0 saturated carbocycles. The summed E-state index contributed by atoms with van der Waals surface area (Å²) in [5.41, 5.74) is 8.15. The van der Waals surface area contributed by atoms with Crippen LogP contribution in [0, 0.1) is 12.3 Å². The van der Waals surface area contributed by atoms with E-state index in [0.29, 0.717) is 18.5 Å². The second-order valence-corrected chi connectivity index (χ2v) is 13.6. The lowest BCUT2D eigenvalue weighted by Crippen LogP contribution is -2.30. The molecule has 2 aromatic carbocycles. The van der Waals surface area contributed by atoms with Crippen LogP contribution < -0.4 is 10.6 Å². The van der Waals surface area contributed by atoms with E-state index < -0.39 is 6.10 Å². The summed E-state index contributed by atoms with van der Waals surface area (Å²) in [7, 11) is 0. The van der Waals surface area contributed by atoms with E-state index in [2.05, 4.69) is 49.5 Å². The van der Waals surface area contributed by atoms with Gasteiger partial charge in [-0.25, -0.2) is 9.67 Å². The second-order valence-electron chi connectivity index (χ2n) is 13.6. The van der Waals surface area contributed by atoms with E-state index in [9.17, 15) is 15.0 Å². The van der Waals surface area contributed by atoms with Gasteiger partial charge in [-0.3, -0.25) is 4.79 Å². The number of benzene rings is 2. The summed E-state index contributed by atoms with van der Waals surface area (Å²) < 4.78 is 7.52. The van der Waals surface area contributed by atoms with E-state index in [1.807, 2.05) is 54.2 Å². The van der Waals surface area contributed by atoms with Gasteiger partial charge in [-0.05, 0) is 92.2 Å². The minimum atomic E-state index is -0.596. The highest BCUT2D eigenvalue weighted by atomic mass is 16.5. The van der Waals surface area contributed by atoms with Gasteiger partial charge in [-0.1, -0.05) is 51.1 Å². The Morgan fingerprint density at radius 2 is 1.94 bits per heavy atom. The monoisotopic (exact) mass is 641 g/mol. The van der Waals surface area contributed by atoms with Gasteiger partial charge in [0.1, 0.15) is 0 Å². The summed E-state index contributed by atoms with van der Waals surface area (Å²) in [6.07, 6.45) is 6.08. The van der Waals surface area contributed by atoms with E-state index in [4.69, 9.17) is 9.72 Å². The smallest absolute Gasteiger partial charge is 0.251 e. The number of aliphatic hydroxyl groups is 2. The van der Waals surface area contributed by atoms with Crippen LogP contribution in [-0.2, 0) is 37.3 Å². The fourth-order valence-electron chi connectivity index (χ4n) is 6.60. The number of hydrogen-bond donors (Lipinski definition) is 4. The molecule has 0 radical (unpaired) electrons. The van der Waals surface area contributed by atoms with Crippen molar-refractivity contribution < 1.29 is 19.7 Å². The first-order chi connectivity index (χ1) is 22.6. The van der Waals surface area contributed by atoms with Gasteiger partial charge < -0.3 is 25.6 Å². The molecular formula is C38H51N5O4. The Kier molecular flexibility index (Phi) is 11.3. The van der Waals surface area contributed by atoms with Gasteiger partial charge in [0, 0.05) is 49.2 Å². The van der Waals surface area contributed by atoms with Crippen molar-refractivity contribution in [2.75, 3.05) is 18.5 Å². The number of aliphatic hydroxyl groups excluding tert-OH is 2. The molecule has 1 amide bonds. The lowest BCUT2D eigenvalue weighted by atomic mass is 9.80. The van der Waals surface area contributed by atoms with Gasteiger partial charge in [-0.15, -0.1) is 0 Å². The molecule has 1 aliphatic rings. The van der Waals surface area contributed by atoms with Crippen molar-refractivity contribution in [3.05, 3.63) is 87.7 Å². The lowest BCUT2D eigenvalue weighted by molar-refractivity contribution is 0.0904. The minimum absolute atomic E-state index is 0.0351. The molecule has 2 aromatic heterocycles. The summed E-state index contributed by atoms with van der Waals surface area (Å²) in [6.45, 7) is 13.1. The SMILES string of the molecule is CCc1nc2c(cnn2CC)c(NC2CCOCC2)c1CNC(=O)c1cccc(CC(C)(C)CC[C@H](O)c2ccc(C)c(CO)c2)c1. The van der Waals surface area contributed by atoms with Gasteiger partial charge in [0.15, 0.2) is 5.65 Å². The summed E-state index contributed by atoms with van der Waals surface area (Å²) in [5.74, 6) is -0.123. The third-order valence-electron chi connectivity index (χ3n) is 9.50. The van der Waals surface area contributed by atoms with E-state index in [0.717, 1.165) is 102 Å². The number of amides is 1. The second kappa shape index (κ2) is 15.4. The zero-order valence-corrected chi connectivity index (χ0v) is 28.6. The molecule has 0 spiro atoms. The maximum atomic E-state index is 13.6. The number of aromatic nitrogens is 3. The van der Waals surface area contributed by atoms with Gasteiger partial charge in [-0.2, -0.15) is 5.10 Å². The topological polar surface area (TPSA) is 122 Å². The van der Waals surface area contributed by atoms with E-state index in [1.165, 1.54) is 0 Å². The quantitative estimate of drug-likeness (QED) is 0.125. The number of carbonyl (C=O) groups is 1. The Labute approximate surface area is 278 Å². The molecule has 0 unspecified atom stereocenters. The van der Waals surface area contributed by atoms with Crippen LogP contribution in [0.15, 0.2) is 48.7 Å². The van der Waals surface area contributed by atoms with E-state index >= 15 is 0 Å². The van der Waals surface area contributed by atoms with Gasteiger partial charge >= 0.3 is 0 Å². The zero-order valence-electron chi connectivity index (χ0n) is 28.6. The lowest BCUT2D eigenvalue weighted by Gasteiger charge is -2.27. The van der Waals surface area contributed by atoms with Crippen LogP contribution in [-0.4, -0.2) is 50.1 Å². The molecule has 9 heteroatoms. The minimum Gasteiger partial charge on any atom is -0.392 e. The molecule has 0 bridgehead atoms. The Morgan fingerprint density at radius 3 is 2.66 bits per heavy atom. The van der Waals surface area contributed by atoms with Crippen LogP contribution in [0.4, 0.5) is 5.69 Å². The van der Waals surface area contributed by atoms with E-state index in [-0.39, 0.29) is 24.0 Å². The van der Waals surface area contributed by atoms with Crippen molar-refractivity contribution in [2.45, 2.75) is 105 Å². The maximum absolute atomic E-state index is 13.6. The molecule has 252 valence electrons. The molecule has 4 N–H and O–H groups in total. The number of ether oxygens (including phenoxy) is 1. The third-order valence-corrected chi connectivity index (χ3v) is 9.50. The van der Waals surface area contributed by atoms with Crippen molar-refractivity contribution in [3.63, 3.8) is 0 Å². The molecule has 4 aromatic rings. The van der Waals surface area contributed by atoms with Crippen LogP contribution in [0.25, 0.3) is 11.0 Å². The van der Waals surface area contributed by atoms with Gasteiger partial charge in [0.25, 0.3) is 5.91 Å². The molecule has 9 nitrogen and oxygen atoms in total. The summed E-state index contributed by atoms with van der Waals surface area (Å²) in [6, 6.07) is 13.9. The molecule has 1 fully saturated rings. The summed E-state index contributed by atoms with van der Waals surface area (Å²) in [4.78, 5) is 18.6. The molecule has 3 heterocycles. The Morgan fingerprint density at radius 1 is 1.15 bits per heavy atom. The van der Waals surface area contributed by atoms with Crippen molar-refractivity contribution in [2.24, 2.45) is 5.41 Å². The van der Waals surface area contributed by atoms with Gasteiger partial charge in [0.2, 0.25) is 0 Å². The molecule has 1 atom stereocenters. The number of hydrogen-bond acceptors (Lipinski definition) is 7.